The van der Waals surface area contributed by atoms with Crippen molar-refractivity contribution in [2.75, 3.05) is 19.3 Å². The van der Waals surface area contributed by atoms with Crippen molar-refractivity contribution in [3.8, 4) is 0 Å². The van der Waals surface area contributed by atoms with Crippen molar-refractivity contribution in [1.29, 1.82) is 0 Å². The van der Waals surface area contributed by atoms with Gasteiger partial charge in [-0.25, -0.2) is 8.42 Å². The number of hydrogen-bond acceptors (Lipinski definition) is 3. The fourth-order valence-electron chi connectivity index (χ4n) is 2.34. The maximum atomic E-state index is 12.5. The molecule has 0 N–H and O–H groups in total. The van der Waals surface area contributed by atoms with E-state index in [1.807, 2.05) is 0 Å². The van der Waals surface area contributed by atoms with Crippen LogP contribution >= 0.6 is 11.6 Å². The molecule has 1 aliphatic rings. The molecule has 0 aliphatic carbocycles. The predicted molar refractivity (Wildman–Crippen MR) is 78.9 cm³/mol. The lowest BCUT2D eigenvalue weighted by molar-refractivity contribution is 0.0761. The van der Waals surface area contributed by atoms with Crippen LogP contribution in [0.25, 0.3) is 0 Å². The van der Waals surface area contributed by atoms with Gasteiger partial charge in [-0.3, -0.25) is 4.79 Å². The van der Waals surface area contributed by atoms with E-state index in [2.05, 4.69) is 0 Å². The molecule has 2 rings (SSSR count). The summed E-state index contributed by atoms with van der Waals surface area (Å²) >= 11 is 6.06. The summed E-state index contributed by atoms with van der Waals surface area (Å²) in [7, 11) is -3.34. The molecule has 1 aromatic carbocycles. The van der Waals surface area contributed by atoms with Gasteiger partial charge in [-0.2, -0.15) is 0 Å². The number of amides is 1. The number of rotatable bonds is 2. The van der Waals surface area contributed by atoms with E-state index in [4.69, 9.17) is 11.6 Å². The van der Waals surface area contributed by atoms with Crippen molar-refractivity contribution in [2.24, 2.45) is 0 Å². The Morgan fingerprint density at radius 1 is 1.15 bits per heavy atom. The van der Waals surface area contributed by atoms with E-state index in [1.165, 1.54) is 18.2 Å². The molecule has 0 atom stereocenters. The second kappa shape index (κ2) is 6.14. The van der Waals surface area contributed by atoms with Gasteiger partial charge in [-0.05, 0) is 31.0 Å². The number of sulfone groups is 1. The fourth-order valence-corrected chi connectivity index (χ4v) is 3.19. The van der Waals surface area contributed by atoms with Gasteiger partial charge in [0.05, 0.1) is 15.5 Å². The van der Waals surface area contributed by atoms with Gasteiger partial charge in [0.1, 0.15) is 0 Å². The third-order valence-electron chi connectivity index (χ3n) is 3.49. The minimum atomic E-state index is -3.34. The molecule has 0 aromatic heterocycles. The average Bonchev–Trinajstić information content (AvgIpc) is 2.66. The van der Waals surface area contributed by atoms with Crippen LogP contribution in [0.5, 0.6) is 0 Å². The maximum absolute atomic E-state index is 12.5. The van der Waals surface area contributed by atoms with Crippen molar-refractivity contribution in [3.63, 3.8) is 0 Å². The van der Waals surface area contributed by atoms with E-state index < -0.39 is 9.84 Å². The summed E-state index contributed by atoms with van der Waals surface area (Å²) < 4.78 is 23.2. The number of hydrogen-bond donors (Lipinski definition) is 0. The molecular formula is C14H18ClNO3S. The Kier molecular flexibility index (Phi) is 4.70. The molecule has 1 heterocycles. The fraction of sp³-hybridized carbons (Fsp3) is 0.500. The van der Waals surface area contributed by atoms with Crippen molar-refractivity contribution >= 4 is 27.3 Å². The van der Waals surface area contributed by atoms with Crippen LogP contribution in [0.4, 0.5) is 0 Å². The van der Waals surface area contributed by atoms with E-state index in [1.54, 1.807) is 4.90 Å². The summed E-state index contributed by atoms with van der Waals surface area (Å²) in [6.07, 6.45) is 5.34. The normalized spacial score (nSPS) is 16.8. The van der Waals surface area contributed by atoms with Gasteiger partial charge < -0.3 is 4.90 Å². The molecule has 20 heavy (non-hydrogen) atoms. The standard InChI is InChI=1S/C14H18ClNO3S/c1-20(18,19)11-6-7-13(15)12(10-11)14(17)16-8-4-2-3-5-9-16/h6-7,10H,2-5,8-9H2,1H3. The first kappa shape index (κ1) is 15.3. The Hall–Kier alpha value is -1.07. The van der Waals surface area contributed by atoms with Gasteiger partial charge in [0.25, 0.3) is 5.91 Å². The van der Waals surface area contributed by atoms with E-state index >= 15 is 0 Å². The van der Waals surface area contributed by atoms with Crippen LogP contribution < -0.4 is 0 Å². The van der Waals surface area contributed by atoms with Gasteiger partial charge in [-0.15, -0.1) is 0 Å². The first-order valence-corrected chi connectivity index (χ1v) is 8.95. The molecular weight excluding hydrogens is 298 g/mol. The maximum Gasteiger partial charge on any atom is 0.255 e. The molecule has 1 aromatic rings. The molecule has 1 aliphatic heterocycles. The highest BCUT2D eigenvalue weighted by Crippen LogP contribution is 2.23. The summed E-state index contributed by atoms with van der Waals surface area (Å²) in [5.41, 5.74) is 0.275. The summed E-state index contributed by atoms with van der Waals surface area (Å²) in [4.78, 5) is 14.4. The van der Waals surface area contributed by atoms with Crippen molar-refractivity contribution in [2.45, 2.75) is 30.6 Å². The Morgan fingerprint density at radius 3 is 2.30 bits per heavy atom. The van der Waals surface area contributed by atoms with Crippen molar-refractivity contribution in [1.82, 2.24) is 4.90 Å². The van der Waals surface area contributed by atoms with Gasteiger partial charge in [-0.1, -0.05) is 24.4 Å². The van der Waals surface area contributed by atoms with Crippen LogP contribution in [0.15, 0.2) is 23.1 Å². The molecule has 0 saturated carbocycles. The van der Waals surface area contributed by atoms with Crippen LogP contribution in [-0.4, -0.2) is 38.6 Å². The van der Waals surface area contributed by atoms with Crippen LogP contribution in [0.1, 0.15) is 36.0 Å². The Labute approximate surface area is 124 Å². The zero-order chi connectivity index (χ0) is 14.8. The Bertz CT molecular complexity index is 605. The number of carbonyl (C=O) groups excluding carboxylic acids is 1. The zero-order valence-corrected chi connectivity index (χ0v) is 13.0. The van der Waals surface area contributed by atoms with E-state index in [9.17, 15) is 13.2 Å². The second-order valence-corrected chi connectivity index (χ2v) is 7.54. The summed E-state index contributed by atoms with van der Waals surface area (Å²) in [6, 6.07) is 4.28. The largest absolute Gasteiger partial charge is 0.339 e. The highest BCUT2D eigenvalue weighted by atomic mass is 35.5. The highest BCUT2D eigenvalue weighted by molar-refractivity contribution is 7.90. The second-order valence-electron chi connectivity index (χ2n) is 5.12. The molecule has 1 amide bonds. The minimum Gasteiger partial charge on any atom is -0.339 e. The third-order valence-corrected chi connectivity index (χ3v) is 4.93. The molecule has 1 fully saturated rings. The van der Waals surface area contributed by atoms with Gasteiger partial charge in [0.15, 0.2) is 9.84 Å². The SMILES string of the molecule is CS(=O)(=O)c1ccc(Cl)c(C(=O)N2CCCCCC2)c1. The number of benzene rings is 1. The average molecular weight is 316 g/mol. The molecule has 110 valence electrons. The van der Waals surface area contributed by atoms with Crippen molar-refractivity contribution in [3.05, 3.63) is 28.8 Å². The lowest BCUT2D eigenvalue weighted by atomic mass is 10.2. The first-order valence-electron chi connectivity index (χ1n) is 6.68. The smallest absolute Gasteiger partial charge is 0.255 e. The molecule has 0 unspecified atom stereocenters. The van der Waals surface area contributed by atoms with Gasteiger partial charge in [0.2, 0.25) is 0 Å². The molecule has 0 spiro atoms. The van der Waals surface area contributed by atoms with Crippen molar-refractivity contribution < 1.29 is 13.2 Å². The Morgan fingerprint density at radius 2 is 1.75 bits per heavy atom. The summed E-state index contributed by atoms with van der Waals surface area (Å²) in [6.45, 7) is 1.41. The number of likely N-dealkylation sites (tertiary alicyclic amines) is 1. The van der Waals surface area contributed by atoms with Gasteiger partial charge >= 0.3 is 0 Å². The van der Waals surface area contributed by atoms with Crippen LogP contribution in [0, 0.1) is 0 Å². The summed E-state index contributed by atoms with van der Waals surface area (Å²) in [5, 5.41) is 0.298. The lowest BCUT2D eigenvalue weighted by Gasteiger charge is -2.21. The quantitative estimate of drug-likeness (QED) is 0.843. The molecule has 6 heteroatoms. The summed E-state index contributed by atoms with van der Waals surface area (Å²) in [5.74, 6) is -0.178. The third kappa shape index (κ3) is 3.52. The number of carbonyl (C=O) groups is 1. The molecule has 0 radical (unpaired) electrons. The molecule has 4 nitrogen and oxygen atoms in total. The van der Waals surface area contributed by atoms with E-state index in [-0.39, 0.29) is 16.4 Å². The monoisotopic (exact) mass is 315 g/mol. The Balaban J connectivity index is 2.33. The number of halogens is 1. The topological polar surface area (TPSA) is 54.5 Å². The van der Waals surface area contributed by atoms with E-state index in [0.29, 0.717) is 18.1 Å². The van der Waals surface area contributed by atoms with Gasteiger partial charge in [0, 0.05) is 19.3 Å². The molecule has 0 bridgehead atoms. The van der Waals surface area contributed by atoms with E-state index in [0.717, 1.165) is 31.9 Å². The zero-order valence-electron chi connectivity index (χ0n) is 11.4. The van der Waals surface area contributed by atoms with Crippen LogP contribution in [0.2, 0.25) is 5.02 Å². The van der Waals surface area contributed by atoms with Crippen LogP contribution in [-0.2, 0) is 9.84 Å². The lowest BCUT2D eigenvalue weighted by Crippen LogP contribution is -2.32. The predicted octanol–water partition coefficient (Wildman–Crippen LogP) is 2.76. The highest BCUT2D eigenvalue weighted by Gasteiger charge is 2.21. The first-order chi connectivity index (χ1) is 9.39. The molecule has 1 saturated heterocycles. The minimum absolute atomic E-state index is 0.125. The number of nitrogens with zero attached hydrogens (tertiary/aromatic N) is 1. The van der Waals surface area contributed by atoms with Crippen LogP contribution in [0.3, 0.4) is 0 Å².